The van der Waals surface area contributed by atoms with E-state index in [0.29, 0.717) is 11.7 Å². The van der Waals surface area contributed by atoms with Crippen molar-refractivity contribution in [3.63, 3.8) is 0 Å². The second kappa shape index (κ2) is 3.82. The standard InChI is InChI=1S/C12H14N2O/c1-14(2)12-6-5-11(7-9(12)8-13)15-10-3-4-10/h5-7,10H,3-4H2,1-2H3. The molecule has 15 heavy (non-hydrogen) atoms. The van der Waals surface area contributed by atoms with E-state index in [9.17, 15) is 0 Å². The number of anilines is 1. The first-order chi connectivity index (χ1) is 7.20. The van der Waals surface area contributed by atoms with Gasteiger partial charge < -0.3 is 9.64 Å². The Morgan fingerprint density at radius 2 is 2.13 bits per heavy atom. The average Bonchev–Trinajstić information content (AvgIpc) is 3.01. The molecule has 0 heterocycles. The Morgan fingerprint density at radius 1 is 1.40 bits per heavy atom. The van der Waals surface area contributed by atoms with Gasteiger partial charge in [0.05, 0.1) is 17.4 Å². The third-order valence-corrected chi connectivity index (χ3v) is 2.40. The van der Waals surface area contributed by atoms with Gasteiger partial charge in [0.2, 0.25) is 0 Å². The number of hydrogen-bond acceptors (Lipinski definition) is 3. The molecule has 1 fully saturated rings. The van der Waals surface area contributed by atoms with E-state index in [1.165, 1.54) is 0 Å². The molecule has 0 bridgehead atoms. The molecule has 1 saturated carbocycles. The van der Waals surface area contributed by atoms with Crippen LogP contribution in [0.1, 0.15) is 18.4 Å². The highest BCUT2D eigenvalue weighted by molar-refractivity contribution is 5.60. The first kappa shape index (κ1) is 9.85. The molecule has 0 amide bonds. The van der Waals surface area contributed by atoms with Gasteiger partial charge in [0.1, 0.15) is 11.8 Å². The van der Waals surface area contributed by atoms with Crippen LogP contribution in [0.15, 0.2) is 18.2 Å². The van der Waals surface area contributed by atoms with Crippen LogP contribution in [-0.4, -0.2) is 20.2 Å². The number of ether oxygens (including phenoxy) is 1. The van der Waals surface area contributed by atoms with E-state index >= 15 is 0 Å². The van der Waals surface area contributed by atoms with Gasteiger partial charge in [0, 0.05) is 20.2 Å². The third kappa shape index (κ3) is 2.21. The van der Waals surface area contributed by atoms with Crippen LogP contribution in [0.4, 0.5) is 5.69 Å². The predicted octanol–water partition coefficient (Wildman–Crippen LogP) is 2.17. The second-order valence-corrected chi connectivity index (χ2v) is 4.00. The van der Waals surface area contributed by atoms with Crippen molar-refractivity contribution in [1.29, 1.82) is 5.26 Å². The molecule has 0 unspecified atom stereocenters. The number of rotatable bonds is 3. The first-order valence-electron chi connectivity index (χ1n) is 5.09. The van der Waals surface area contributed by atoms with Gasteiger partial charge >= 0.3 is 0 Å². The molecule has 0 N–H and O–H groups in total. The summed E-state index contributed by atoms with van der Waals surface area (Å²) in [6.07, 6.45) is 2.65. The van der Waals surface area contributed by atoms with E-state index in [1.54, 1.807) is 0 Å². The SMILES string of the molecule is CN(C)c1ccc(OC2CC2)cc1C#N. The molecule has 2 rings (SSSR count). The molecule has 0 aliphatic heterocycles. The van der Waals surface area contributed by atoms with Crippen LogP contribution in [0.2, 0.25) is 0 Å². The van der Waals surface area contributed by atoms with E-state index in [2.05, 4.69) is 6.07 Å². The van der Waals surface area contributed by atoms with Crippen molar-refractivity contribution in [1.82, 2.24) is 0 Å². The maximum atomic E-state index is 9.01. The van der Waals surface area contributed by atoms with Gasteiger partial charge in [-0.2, -0.15) is 5.26 Å². The summed E-state index contributed by atoms with van der Waals surface area (Å²) in [5.41, 5.74) is 1.60. The van der Waals surface area contributed by atoms with E-state index in [4.69, 9.17) is 10.00 Å². The predicted molar refractivity (Wildman–Crippen MR) is 59.1 cm³/mol. The number of benzene rings is 1. The minimum Gasteiger partial charge on any atom is -0.490 e. The quantitative estimate of drug-likeness (QED) is 0.753. The van der Waals surface area contributed by atoms with Gasteiger partial charge in [0.15, 0.2) is 0 Å². The molecule has 0 aromatic heterocycles. The molecule has 3 nitrogen and oxygen atoms in total. The Kier molecular flexibility index (Phi) is 2.51. The highest BCUT2D eigenvalue weighted by Gasteiger charge is 2.23. The number of hydrogen-bond donors (Lipinski definition) is 0. The Balaban J connectivity index is 2.25. The van der Waals surface area contributed by atoms with Crippen molar-refractivity contribution in [2.24, 2.45) is 0 Å². The summed E-state index contributed by atoms with van der Waals surface area (Å²) in [6.45, 7) is 0. The lowest BCUT2D eigenvalue weighted by Gasteiger charge is -2.15. The highest BCUT2D eigenvalue weighted by atomic mass is 16.5. The van der Waals surface area contributed by atoms with E-state index in [1.807, 2.05) is 37.2 Å². The van der Waals surface area contributed by atoms with E-state index in [-0.39, 0.29) is 0 Å². The van der Waals surface area contributed by atoms with Crippen molar-refractivity contribution in [2.75, 3.05) is 19.0 Å². The second-order valence-electron chi connectivity index (χ2n) is 4.00. The maximum absolute atomic E-state index is 9.01. The largest absolute Gasteiger partial charge is 0.490 e. The normalized spacial score (nSPS) is 14.5. The topological polar surface area (TPSA) is 36.3 Å². The molecule has 0 radical (unpaired) electrons. The van der Waals surface area contributed by atoms with Gasteiger partial charge in [-0.25, -0.2) is 0 Å². The van der Waals surface area contributed by atoms with Crippen molar-refractivity contribution < 1.29 is 4.74 Å². The van der Waals surface area contributed by atoms with Crippen LogP contribution in [-0.2, 0) is 0 Å². The Morgan fingerprint density at radius 3 is 2.67 bits per heavy atom. The minimum atomic E-state index is 0.377. The van der Waals surface area contributed by atoms with Crippen LogP contribution >= 0.6 is 0 Å². The van der Waals surface area contributed by atoms with Crippen LogP contribution in [0.25, 0.3) is 0 Å². The molecule has 78 valence electrons. The monoisotopic (exact) mass is 202 g/mol. The Hall–Kier alpha value is -1.69. The lowest BCUT2D eigenvalue weighted by molar-refractivity contribution is 0.303. The summed E-state index contributed by atoms with van der Waals surface area (Å²) in [5.74, 6) is 0.805. The van der Waals surface area contributed by atoms with Gasteiger partial charge in [-0.05, 0) is 25.0 Å². The molecule has 1 aromatic carbocycles. The molecule has 1 aliphatic carbocycles. The lowest BCUT2D eigenvalue weighted by atomic mass is 10.2. The zero-order valence-electron chi connectivity index (χ0n) is 9.03. The summed E-state index contributed by atoms with van der Waals surface area (Å²) in [7, 11) is 3.86. The fourth-order valence-electron chi connectivity index (χ4n) is 1.45. The number of nitriles is 1. The fourth-order valence-corrected chi connectivity index (χ4v) is 1.45. The van der Waals surface area contributed by atoms with E-state index in [0.717, 1.165) is 24.3 Å². The lowest BCUT2D eigenvalue weighted by Crippen LogP contribution is -2.10. The molecular formula is C12H14N2O. The summed E-state index contributed by atoms with van der Waals surface area (Å²) in [4.78, 5) is 1.93. The molecule has 0 atom stereocenters. The van der Waals surface area contributed by atoms with Crippen molar-refractivity contribution in [3.05, 3.63) is 23.8 Å². The molecule has 1 aromatic rings. The third-order valence-electron chi connectivity index (χ3n) is 2.40. The molecule has 3 heteroatoms. The molecule has 1 aliphatic rings. The van der Waals surface area contributed by atoms with Crippen LogP contribution in [0.5, 0.6) is 5.75 Å². The summed E-state index contributed by atoms with van der Waals surface area (Å²) in [6, 6.07) is 7.85. The minimum absolute atomic E-state index is 0.377. The molecule has 0 saturated heterocycles. The fraction of sp³-hybridized carbons (Fsp3) is 0.417. The zero-order valence-corrected chi connectivity index (χ0v) is 9.03. The molecule has 0 spiro atoms. The van der Waals surface area contributed by atoms with Crippen molar-refractivity contribution in [3.8, 4) is 11.8 Å². The first-order valence-corrected chi connectivity index (χ1v) is 5.09. The zero-order chi connectivity index (χ0) is 10.8. The van der Waals surface area contributed by atoms with Gasteiger partial charge in [0.25, 0.3) is 0 Å². The smallest absolute Gasteiger partial charge is 0.121 e. The van der Waals surface area contributed by atoms with Crippen LogP contribution in [0, 0.1) is 11.3 Å². The van der Waals surface area contributed by atoms with Crippen LogP contribution in [0.3, 0.4) is 0 Å². The highest BCUT2D eigenvalue weighted by Crippen LogP contribution is 2.29. The maximum Gasteiger partial charge on any atom is 0.121 e. The van der Waals surface area contributed by atoms with Crippen molar-refractivity contribution >= 4 is 5.69 Å². The average molecular weight is 202 g/mol. The van der Waals surface area contributed by atoms with Crippen LogP contribution < -0.4 is 9.64 Å². The molecular weight excluding hydrogens is 188 g/mol. The summed E-state index contributed by atoms with van der Waals surface area (Å²) >= 11 is 0. The Labute approximate surface area is 89.9 Å². The van der Waals surface area contributed by atoms with Gasteiger partial charge in [-0.15, -0.1) is 0 Å². The van der Waals surface area contributed by atoms with Gasteiger partial charge in [-0.3, -0.25) is 0 Å². The van der Waals surface area contributed by atoms with Gasteiger partial charge in [-0.1, -0.05) is 0 Å². The van der Waals surface area contributed by atoms with Crippen molar-refractivity contribution in [2.45, 2.75) is 18.9 Å². The van der Waals surface area contributed by atoms with E-state index < -0.39 is 0 Å². The Bertz CT molecular complexity index is 403. The summed E-state index contributed by atoms with van der Waals surface area (Å²) < 4.78 is 5.63. The summed E-state index contributed by atoms with van der Waals surface area (Å²) in [5, 5.41) is 9.01. The number of nitrogens with zero attached hydrogens (tertiary/aromatic N) is 2.